The topological polar surface area (TPSA) is 48.0 Å². The molecule has 1 amide bonds. The Labute approximate surface area is 216 Å². The van der Waals surface area contributed by atoms with Crippen LogP contribution in [0.2, 0.25) is 0 Å². The second kappa shape index (κ2) is 13.0. The van der Waals surface area contributed by atoms with Crippen molar-refractivity contribution in [1.29, 1.82) is 0 Å². The van der Waals surface area contributed by atoms with Crippen LogP contribution in [0.3, 0.4) is 0 Å². The van der Waals surface area contributed by atoms with Gasteiger partial charge in [0.15, 0.2) is 0 Å². The van der Waals surface area contributed by atoms with Crippen molar-refractivity contribution in [2.45, 2.75) is 65.7 Å². The van der Waals surface area contributed by atoms with Crippen molar-refractivity contribution in [2.24, 2.45) is 0 Å². The average Bonchev–Trinajstić information content (AvgIpc) is 2.85. The predicted octanol–water partition coefficient (Wildman–Crippen LogP) is 6.84. The van der Waals surface area contributed by atoms with E-state index in [0.29, 0.717) is 13.1 Å². The SMILES string of the molecule is COc1ccccc1[C@H](CCN(Cc1ccc(OC(C)C)cc1)C(C)=O)c1ccc(OC(C)C)cc1. The van der Waals surface area contributed by atoms with Crippen LogP contribution in [-0.4, -0.2) is 36.7 Å². The fraction of sp³-hybridized carbons (Fsp3) is 0.387. The number of amides is 1. The molecule has 0 saturated heterocycles. The molecule has 3 aromatic rings. The van der Waals surface area contributed by atoms with Crippen LogP contribution >= 0.6 is 0 Å². The average molecular weight is 490 g/mol. The van der Waals surface area contributed by atoms with Crippen LogP contribution < -0.4 is 14.2 Å². The number of para-hydroxylation sites is 1. The number of methoxy groups -OCH3 is 1. The zero-order valence-corrected chi connectivity index (χ0v) is 22.4. The van der Waals surface area contributed by atoms with Gasteiger partial charge in [0, 0.05) is 31.5 Å². The number of carbonyl (C=O) groups is 1. The highest BCUT2D eigenvalue weighted by Gasteiger charge is 2.21. The lowest BCUT2D eigenvalue weighted by Crippen LogP contribution is -2.30. The van der Waals surface area contributed by atoms with Crippen LogP contribution in [0.25, 0.3) is 0 Å². The number of hydrogen-bond acceptors (Lipinski definition) is 4. The normalized spacial score (nSPS) is 11.9. The van der Waals surface area contributed by atoms with Crippen molar-refractivity contribution >= 4 is 5.91 Å². The molecule has 3 aromatic carbocycles. The molecule has 0 aromatic heterocycles. The highest BCUT2D eigenvalue weighted by Crippen LogP contribution is 2.35. The van der Waals surface area contributed by atoms with Gasteiger partial charge in [0.1, 0.15) is 17.2 Å². The number of hydrogen-bond donors (Lipinski definition) is 0. The predicted molar refractivity (Wildman–Crippen MR) is 145 cm³/mol. The zero-order valence-electron chi connectivity index (χ0n) is 22.4. The maximum Gasteiger partial charge on any atom is 0.219 e. The highest BCUT2D eigenvalue weighted by atomic mass is 16.5. The van der Waals surface area contributed by atoms with E-state index < -0.39 is 0 Å². The first-order valence-electron chi connectivity index (χ1n) is 12.7. The quantitative estimate of drug-likeness (QED) is 0.279. The van der Waals surface area contributed by atoms with Gasteiger partial charge in [0.25, 0.3) is 0 Å². The maximum absolute atomic E-state index is 12.6. The van der Waals surface area contributed by atoms with Gasteiger partial charge in [-0.3, -0.25) is 4.79 Å². The van der Waals surface area contributed by atoms with Gasteiger partial charge in [-0.15, -0.1) is 0 Å². The van der Waals surface area contributed by atoms with E-state index in [1.54, 1.807) is 14.0 Å². The molecule has 0 N–H and O–H groups in total. The maximum atomic E-state index is 12.6. The molecule has 0 heterocycles. The molecule has 0 unspecified atom stereocenters. The molecule has 0 saturated carbocycles. The smallest absolute Gasteiger partial charge is 0.219 e. The monoisotopic (exact) mass is 489 g/mol. The van der Waals surface area contributed by atoms with Gasteiger partial charge in [-0.25, -0.2) is 0 Å². The van der Waals surface area contributed by atoms with Crippen molar-refractivity contribution in [3.63, 3.8) is 0 Å². The minimum absolute atomic E-state index is 0.0527. The summed E-state index contributed by atoms with van der Waals surface area (Å²) in [5.74, 6) is 2.65. The molecule has 0 aliphatic rings. The van der Waals surface area contributed by atoms with E-state index in [2.05, 4.69) is 18.2 Å². The summed E-state index contributed by atoms with van der Waals surface area (Å²) >= 11 is 0. The Kier molecular flexibility index (Phi) is 9.80. The lowest BCUT2D eigenvalue weighted by atomic mass is 9.87. The number of rotatable bonds is 12. The summed E-state index contributed by atoms with van der Waals surface area (Å²) in [6, 6.07) is 24.3. The largest absolute Gasteiger partial charge is 0.496 e. The second-order valence-corrected chi connectivity index (χ2v) is 9.57. The van der Waals surface area contributed by atoms with Crippen molar-refractivity contribution in [3.05, 3.63) is 89.5 Å². The second-order valence-electron chi connectivity index (χ2n) is 9.57. The van der Waals surface area contributed by atoms with Crippen molar-refractivity contribution < 1.29 is 19.0 Å². The summed E-state index contributed by atoms with van der Waals surface area (Å²) < 4.78 is 17.3. The van der Waals surface area contributed by atoms with Crippen LogP contribution in [0.15, 0.2) is 72.8 Å². The summed E-state index contributed by atoms with van der Waals surface area (Å²) in [6.07, 6.45) is 1.01. The van der Waals surface area contributed by atoms with Gasteiger partial charge < -0.3 is 19.1 Å². The summed E-state index contributed by atoms with van der Waals surface area (Å²) in [6.45, 7) is 10.9. The van der Waals surface area contributed by atoms with E-state index in [0.717, 1.165) is 40.4 Å². The Balaban J connectivity index is 1.81. The first kappa shape index (κ1) is 27.1. The molecule has 36 heavy (non-hydrogen) atoms. The third-order valence-corrected chi connectivity index (χ3v) is 5.97. The van der Waals surface area contributed by atoms with Gasteiger partial charge in [-0.2, -0.15) is 0 Å². The Morgan fingerprint density at radius 3 is 1.89 bits per heavy atom. The lowest BCUT2D eigenvalue weighted by Gasteiger charge is -2.26. The number of carbonyl (C=O) groups excluding carboxylic acids is 1. The molecule has 1 atom stereocenters. The summed E-state index contributed by atoms with van der Waals surface area (Å²) in [4.78, 5) is 14.5. The highest BCUT2D eigenvalue weighted by molar-refractivity contribution is 5.73. The molecule has 192 valence electrons. The van der Waals surface area contributed by atoms with Crippen LogP contribution in [0, 0.1) is 0 Å². The van der Waals surface area contributed by atoms with E-state index in [1.807, 2.05) is 87.2 Å². The summed E-state index contributed by atoms with van der Waals surface area (Å²) in [5, 5.41) is 0. The van der Waals surface area contributed by atoms with Gasteiger partial charge in [0.2, 0.25) is 5.91 Å². The van der Waals surface area contributed by atoms with Gasteiger partial charge in [-0.05, 0) is 75.6 Å². The van der Waals surface area contributed by atoms with E-state index >= 15 is 0 Å². The minimum Gasteiger partial charge on any atom is -0.496 e. The van der Waals surface area contributed by atoms with E-state index in [1.165, 1.54) is 0 Å². The van der Waals surface area contributed by atoms with Gasteiger partial charge >= 0.3 is 0 Å². The molecule has 0 spiro atoms. The molecular weight excluding hydrogens is 450 g/mol. The summed E-state index contributed by atoms with van der Waals surface area (Å²) in [7, 11) is 1.70. The van der Waals surface area contributed by atoms with Gasteiger partial charge in [-0.1, -0.05) is 42.5 Å². The van der Waals surface area contributed by atoms with E-state index in [-0.39, 0.29) is 24.0 Å². The van der Waals surface area contributed by atoms with Crippen molar-refractivity contribution in [2.75, 3.05) is 13.7 Å². The Morgan fingerprint density at radius 1 is 0.806 bits per heavy atom. The first-order valence-corrected chi connectivity index (χ1v) is 12.7. The molecule has 3 rings (SSSR count). The van der Waals surface area contributed by atoms with Crippen LogP contribution in [0.4, 0.5) is 0 Å². The molecule has 0 aliphatic heterocycles. The molecule has 0 bridgehead atoms. The molecule has 0 radical (unpaired) electrons. The standard InChI is InChI=1S/C31H39NO4/c1-22(2)35-27-15-11-25(12-16-27)21-32(24(5)33)20-19-29(30-9-7-8-10-31(30)34-6)26-13-17-28(18-14-26)36-23(3)4/h7-18,22-23,29H,19-21H2,1-6H3/t29-/m1/s1. The molecule has 5 nitrogen and oxygen atoms in total. The Morgan fingerprint density at radius 2 is 1.36 bits per heavy atom. The zero-order chi connectivity index (χ0) is 26.1. The minimum atomic E-state index is 0.0527. The summed E-state index contributed by atoms with van der Waals surface area (Å²) in [5.41, 5.74) is 3.34. The fourth-order valence-electron chi connectivity index (χ4n) is 4.31. The third kappa shape index (κ3) is 7.77. The van der Waals surface area contributed by atoms with E-state index in [9.17, 15) is 4.79 Å². The lowest BCUT2D eigenvalue weighted by molar-refractivity contribution is -0.129. The van der Waals surface area contributed by atoms with Gasteiger partial charge in [0.05, 0.1) is 19.3 Å². The van der Waals surface area contributed by atoms with Crippen LogP contribution in [0.5, 0.6) is 17.2 Å². The number of benzene rings is 3. The molecule has 0 aliphatic carbocycles. The molecular formula is C31H39NO4. The number of nitrogens with zero attached hydrogens (tertiary/aromatic N) is 1. The number of ether oxygens (including phenoxy) is 3. The first-order chi connectivity index (χ1) is 17.3. The van der Waals surface area contributed by atoms with Crippen molar-refractivity contribution in [1.82, 2.24) is 4.90 Å². The Bertz CT molecular complexity index is 1090. The van der Waals surface area contributed by atoms with Crippen LogP contribution in [0.1, 0.15) is 63.6 Å². The molecule has 5 heteroatoms. The van der Waals surface area contributed by atoms with Crippen molar-refractivity contribution in [3.8, 4) is 17.2 Å². The van der Waals surface area contributed by atoms with Crippen LogP contribution in [-0.2, 0) is 11.3 Å². The third-order valence-electron chi connectivity index (χ3n) is 5.97. The fourth-order valence-corrected chi connectivity index (χ4v) is 4.31. The Hall–Kier alpha value is -3.47. The molecule has 0 fully saturated rings. The van der Waals surface area contributed by atoms with E-state index in [4.69, 9.17) is 14.2 Å².